The minimum Gasteiger partial charge on any atom is -0.496 e. The molecule has 0 fully saturated rings. The Labute approximate surface area is 150 Å². The fourth-order valence-corrected chi connectivity index (χ4v) is 2.54. The third-order valence-electron chi connectivity index (χ3n) is 3.64. The molecule has 1 aromatic carbocycles. The minimum absolute atomic E-state index is 0.0127. The molecule has 0 aliphatic carbocycles. The number of ether oxygens (including phenoxy) is 1. The Bertz CT molecular complexity index is 1090. The van der Waals surface area contributed by atoms with Crippen LogP contribution in [0.25, 0.3) is 16.7 Å². The fraction of sp³-hybridized carbons (Fsp3) is 0.176. The summed E-state index contributed by atoms with van der Waals surface area (Å²) in [5, 5.41) is 2.89. The number of benzene rings is 1. The number of terminal acetylenes is 1. The first-order chi connectivity index (χ1) is 12.9. The summed E-state index contributed by atoms with van der Waals surface area (Å²) in [6, 6.07) is 1.66. The normalized spacial score (nSPS) is 11.2. The van der Waals surface area contributed by atoms with Gasteiger partial charge in [0.05, 0.1) is 36.3 Å². The quantitative estimate of drug-likeness (QED) is 0.705. The van der Waals surface area contributed by atoms with Crippen molar-refractivity contribution in [2.45, 2.75) is 6.18 Å². The number of methoxy groups -OCH3 is 1. The van der Waals surface area contributed by atoms with E-state index in [-0.39, 0.29) is 34.8 Å². The van der Waals surface area contributed by atoms with Gasteiger partial charge >= 0.3 is 11.9 Å². The number of aromatic nitrogens is 4. The van der Waals surface area contributed by atoms with Crippen LogP contribution in [-0.2, 0) is 6.18 Å². The summed E-state index contributed by atoms with van der Waals surface area (Å²) >= 11 is 0. The van der Waals surface area contributed by atoms with Crippen molar-refractivity contribution in [3.63, 3.8) is 0 Å². The van der Waals surface area contributed by atoms with Crippen molar-refractivity contribution in [1.82, 2.24) is 19.5 Å². The maximum Gasteiger partial charge on any atom is 0.416 e. The third-order valence-corrected chi connectivity index (χ3v) is 3.64. The van der Waals surface area contributed by atoms with Gasteiger partial charge in [-0.25, -0.2) is 14.3 Å². The van der Waals surface area contributed by atoms with Crippen molar-refractivity contribution in [3.8, 4) is 23.9 Å². The van der Waals surface area contributed by atoms with E-state index in [4.69, 9.17) is 11.2 Å². The predicted molar refractivity (Wildman–Crippen MR) is 91.8 cm³/mol. The van der Waals surface area contributed by atoms with Crippen LogP contribution in [0.2, 0.25) is 0 Å². The fourth-order valence-electron chi connectivity index (χ4n) is 2.54. The van der Waals surface area contributed by atoms with E-state index >= 15 is 0 Å². The molecule has 0 saturated carbocycles. The van der Waals surface area contributed by atoms with Crippen LogP contribution in [0.5, 0.6) is 5.75 Å². The summed E-state index contributed by atoms with van der Waals surface area (Å²) in [5.74, 6) is 2.23. The van der Waals surface area contributed by atoms with Crippen LogP contribution in [0.4, 0.5) is 19.0 Å². The Balaban J connectivity index is 2.47. The highest BCUT2D eigenvalue weighted by Gasteiger charge is 2.33. The van der Waals surface area contributed by atoms with E-state index < -0.39 is 17.4 Å². The maximum atomic E-state index is 13.3. The predicted octanol–water partition coefficient (Wildman–Crippen LogP) is 2.25. The summed E-state index contributed by atoms with van der Waals surface area (Å²) < 4.78 is 46.1. The molecule has 7 nitrogen and oxygen atoms in total. The smallest absolute Gasteiger partial charge is 0.416 e. The molecule has 3 rings (SSSR count). The first kappa shape index (κ1) is 18.2. The molecule has 0 radical (unpaired) electrons. The van der Waals surface area contributed by atoms with Gasteiger partial charge in [-0.05, 0) is 12.1 Å². The molecule has 0 atom stereocenters. The van der Waals surface area contributed by atoms with E-state index in [0.717, 1.165) is 16.7 Å². The number of alkyl halides is 3. The van der Waals surface area contributed by atoms with Crippen molar-refractivity contribution >= 4 is 16.7 Å². The highest BCUT2D eigenvalue weighted by Crippen LogP contribution is 2.38. The number of fused-ring (bicyclic) bond motifs is 1. The highest BCUT2D eigenvalue weighted by atomic mass is 19.4. The molecule has 0 saturated heterocycles. The summed E-state index contributed by atoms with van der Waals surface area (Å²) in [7, 11) is 1.22. The lowest BCUT2D eigenvalue weighted by Crippen LogP contribution is -2.25. The zero-order valence-corrected chi connectivity index (χ0v) is 13.9. The third kappa shape index (κ3) is 3.39. The van der Waals surface area contributed by atoms with Crippen molar-refractivity contribution in [3.05, 3.63) is 46.8 Å². The van der Waals surface area contributed by atoms with Crippen LogP contribution in [0.3, 0.4) is 0 Å². The van der Waals surface area contributed by atoms with E-state index in [1.54, 1.807) is 0 Å². The molecule has 27 heavy (non-hydrogen) atoms. The van der Waals surface area contributed by atoms with Crippen molar-refractivity contribution in [2.24, 2.45) is 0 Å². The van der Waals surface area contributed by atoms with Crippen LogP contribution >= 0.6 is 0 Å². The average molecular weight is 375 g/mol. The van der Waals surface area contributed by atoms with Gasteiger partial charge in [-0.1, -0.05) is 5.92 Å². The zero-order chi connectivity index (χ0) is 19.6. The molecule has 0 aliphatic heterocycles. The lowest BCUT2D eigenvalue weighted by Gasteiger charge is -2.17. The van der Waals surface area contributed by atoms with Crippen LogP contribution in [0.15, 0.2) is 35.5 Å². The van der Waals surface area contributed by atoms with Gasteiger partial charge in [0.2, 0.25) is 0 Å². The Hall–Kier alpha value is -3.61. The van der Waals surface area contributed by atoms with Crippen LogP contribution in [0.1, 0.15) is 5.56 Å². The average Bonchev–Trinajstić information content (AvgIpc) is 2.65. The number of hydrogen-bond acceptors (Lipinski definition) is 6. The molecule has 0 amide bonds. The lowest BCUT2D eigenvalue weighted by molar-refractivity contribution is -0.137. The summed E-state index contributed by atoms with van der Waals surface area (Å²) in [4.78, 5) is 24.3. The van der Waals surface area contributed by atoms with Gasteiger partial charge in [0.15, 0.2) is 5.82 Å². The Morgan fingerprint density at radius 1 is 1.33 bits per heavy atom. The van der Waals surface area contributed by atoms with Crippen molar-refractivity contribution in [1.29, 1.82) is 0 Å². The van der Waals surface area contributed by atoms with E-state index in [1.807, 2.05) is 0 Å². The molecule has 3 aromatic rings. The maximum absolute atomic E-state index is 13.3. The second kappa shape index (κ2) is 6.95. The SMILES string of the molecule is C#CCNc1nc(=O)n(-c2cnccn2)c2cc(C(F)(F)F)cc(OC)c12. The molecule has 0 aliphatic rings. The molecular weight excluding hydrogens is 363 g/mol. The van der Waals surface area contributed by atoms with Crippen molar-refractivity contribution < 1.29 is 17.9 Å². The number of nitrogens with zero attached hydrogens (tertiary/aromatic N) is 4. The van der Waals surface area contributed by atoms with Crippen LogP contribution in [-0.4, -0.2) is 33.2 Å². The molecular formula is C17H12F3N5O2. The Morgan fingerprint density at radius 3 is 2.70 bits per heavy atom. The van der Waals surface area contributed by atoms with Gasteiger partial charge in [0.25, 0.3) is 0 Å². The van der Waals surface area contributed by atoms with E-state index in [9.17, 15) is 18.0 Å². The molecule has 2 aromatic heterocycles. The second-order valence-electron chi connectivity index (χ2n) is 5.27. The number of rotatable bonds is 4. The number of hydrogen-bond donors (Lipinski definition) is 1. The molecule has 138 valence electrons. The second-order valence-corrected chi connectivity index (χ2v) is 5.27. The van der Waals surface area contributed by atoms with Gasteiger partial charge in [-0.3, -0.25) is 4.98 Å². The van der Waals surface area contributed by atoms with Gasteiger partial charge in [-0.2, -0.15) is 18.2 Å². The molecule has 0 bridgehead atoms. The van der Waals surface area contributed by atoms with Gasteiger partial charge in [0.1, 0.15) is 11.6 Å². The summed E-state index contributed by atoms with van der Waals surface area (Å²) in [5.41, 5.74) is -1.93. The largest absolute Gasteiger partial charge is 0.496 e. The standard InChI is InChI=1S/C17H12F3N5O2/c1-3-4-23-15-14-11(7-10(17(18,19)20)8-12(14)27-2)25(16(26)24-15)13-9-21-5-6-22-13/h1,5-9H,4H2,2H3,(H,23,24,26). The van der Waals surface area contributed by atoms with Gasteiger partial charge < -0.3 is 10.1 Å². The molecule has 1 N–H and O–H groups in total. The number of nitrogens with one attached hydrogen (secondary N) is 1. The molecule has 0 unspecified atom stereocenters. The van der Waals surface area contributed by atoms with Crippen LogP contribution in [0, 0.1) is 12.3 Å². The lowest BCUT2D eigenvalue weighted by atomic mass is 10.1. The summed E-state index contributed by atoms with van der Waals surface area (Å²) in [6.07, 6.45) is 4.48. The monoisotopic (exact) mass is 375 g/mol. The topological polar surface area (TPSA) is 81.9 Å². The van der Waals surface area contributed by atoms with E-state index in [2.05, 4.69) is 26.2 Å². The van der Waals surface area contributed by atoms with Gasteiger partial charge in [0, 0.05) is 12.4 Å². The number of halogens is 3. The first-order valence-corrected chi connectivity index (χ1v) is 7.52. The van der Waals surface area contributed by atoms with Gasteiger partial charge in [-0.15, -0.1) is 6.42 Å². The molecule has 10 heteroatoms. The van der Waals surface area contributed by atoms with Crippen LogP contribution < -0.4 is 15.7 Å². The minimum atomic E-state index is -4.65. The van der Waals surface area contributed by atoms with E-state index in [0.29, 0.717) is 0 Å². The number of anilines is 1. The Kier molecular flexibility index (Phi) is 4.68. The molecule has 2 heterocycles. The Morgan fingerprint density at radius 2 is 2.11 bits per heavy atom. The molecule has 0 spiro atoms. The van der Waals surface area contributed by atoms with E-state index in [1.165, 1.54) is 25.7 Å². The zero-order valence-electron chi connectivity index (χ0n) is 13.9. The van der Waals surface area contributed by atoms with Crippen molar-refractivity contribution in [2.75, 3.05) is 19.0 Å². The highest BCUT2D eigenvalue weighted by molar-refractivity contribution is 5.96. The summed E-state index contributed by atoms with van der Waals surface area (Å²) in [6.45, 7) is 0.0148. The first-order valence-electron chi connectivity index (χ1n) is 7.52.